The third-order valence-electron chi connectivity index (χ3n) is 19.2. The highest BCUT2D eigenvalue weighted by Crippen LogP contribution is 2.79. The van der Waals surface area contributed by atoms with Gasteiger partial charge >= 0.3 is 0 Å². The van der Waals surface area contributed by atoms with E-state index in [4.69, 9.17) is 10.5 Å². The van der Waals surface area contributed by atoms with E-state index >= 15 is 4.79 Å². The van der Waals surface area contributed by atoms with Crippen LogP contribution >= 0.6 is 0 Å². The molecule has 0 amide bonds. The smallest absolute Gasteiger partial charge is 0.159 e. The predicted octanol–water partition coefficient (Wildman–Crippen LogP) is 8.28. The number of carbonyl (C=O) groups excluding carboxylic acids is 2. The minimum atomic E-state index is -0.791. The quantitative estimate of drug-likeness (QED) is 0.0914. The van der Waals surface area contributed by atoms with Gasteiger partial charge in [0.05, 0.1) is 23.2 Å². The molecule has 10 rings (SSSR count). The van der Waals surface area contributed by atoms with Crippen LogP contribution in [0.4, 0.5) is 5.69 Å². The average Bonchev–Trinajstić information content (AvgIpc) is 3.54. The number of Topliss-reactive ketones (excluding diaryl/α,β-unsaturated/α-hetero) is 2. The number of benzene rings is 2. The minimum Gasteiger partial charge on any atom is -0.508 e. The molecule has 1 heterocycles. The third-order valence-corrected chi connectivity index (χ3v) is 19.2. The molecule has 62 heavy (non-hydrogen) atoms. The number of β-amino-alcohol motifs (C(OH)–C–C–N with tert-alkyl or cyclic N) is 1. The summed E-state index contributed by atoms with van der Waals surface area (Å²) in [6.45, 7) is 18.8. The Morgan fingerprint density at radius 1 is 0.952 bits per heavy atom. The normalized spacial score (nSPS) is 42.0. The molecule has 7 aliphatic carbocycles. The standard InChI is InChI=1S/C53H75N3O6/c1-30(20-40(59)44-51(8,62-44)38-15-11-14-37(38)33-12-10-13-35(54)23-33)43-39-16-17-42-48(5)28-52(34-21-32(27-55-9)22-36(58)24-34)18-19-53(56-26-31(2)57,45(48)47(3,4)46(52)61)29-50(42,7)49(39,6)25-41(43)60/h10,12-13,21-24,30-31,37-38,40,42,44-45,55-59H,11,14-20,25-29,54H2,1-9H3/t30-,31+,37+,38-,40-,42-,44-,45+,48+,49+,50+,51-,52+,53+/m1/s1. The SMILES string of the molecule is CNCc1cc(O)cc([C@]23CC[C@]4(NC[C@H](C)O)C[C@@]5(C)[C@H](CCC6=C([C@H](C)C[C@@H](O)[C@H]7O[C@]7(C)[C@@H]7CCC[C@H]7c7cccc(N)c7)C(=O)C[C@@]65C)[C@](C)(C2)[C@@H]4C(C)(C)C3=O)c1. The van der Waals surface area contributed by atoms with Crippen molar-refractivity contribution in [1.82, 2.24) is 10.6 Å². The van der Waals surface area contributed by atoms with E-state index in [-0.39, 0.29) is 52.0 Å². The zero-order chi connectivity index (χ0) is 44.6. The molecule has 14 atom stereocenters. The lowest BCUT2D eigenvalue weighted by atomic mass is 9.32. The first kappa shape index (κ1) is 44.1. The molecule has 6 saturated carbocycles. The van der Waals surface area contributed by atoms with Gasteiger partial charge in [-0.1, -0.05) is 71.7 Å². The van der Waals surface area contributed by atoms with Crippen molar-refractivity contribution in [1.29, 1.82) is 0 Å². The van der Waals surface area contributed by atoms with Crippen molar-refractivity contribution < 1.29 is 29.6 Å². The molecule has 7 fully saturated rings. The summed E-state index contributed by atoms with van der Waals surface area (Å²) in [7, 11) is 1.90. The number of rotatable bonds is 12. The van der Waals surface area contributed by atoms with E-state index in [1.54, 1.807) is 6.07 Å². The van der Waals surface area contributed by atoms with Crippen LogP contribution in [0.5, 0.6) is 5.75 Å². The van der Waals surface area contributed by atoms with Crippen LogP contribution in [0.1, 0.15) is 149 Å². The van der Waals surface area contributed by atoms with E-state index in [0.717, 1.165) is 67.3 Å². The summed E-state index contributed by atoms with van der Waals surface area (Å²) < 4.78 is 6.52. The van der Waals surface area contributed by atoms with E-state index in [1.165, 1.54) is 11.1 Å². The van der Waals surface area contributed by atoms with Crippen LogP contribution in [-0.4, -0.2) is 69.9 Å². The number of hydrogen-bond acceptors (Lipinski definition) is 9. The Bertz CT molecular complexity index is 2180. The van der Waals surface area contributed by atoms with E-state index in [0.29, 0.717) is 50.6 Å². The molecule has 7 N–H and O–H groups in total. The second kappa shape index (κ2) is 14.7. The first-order valence-corrected chi connectivity index (χ1v) is 24.0. The van der Waals surface area contributed by atoms with Gasteiger partial charge < -0.3 is 36.4 Å². The van der Waals surface area contributed by atoms with Crippen molar-refractivity contribution in [3.05, 3.63) is 70.3 Å². The summed E-state index contributed by atoms with van der Waals surface area (Å²) in [5.74, 6) is 1.43. The summed E-state index contributed by atoms with van der Waals surface area (Å²) in [6.07, 6.45) is 7.35. The van der Waals surface area contributed by atoms with Crippen molar-refractivity contribution in [2.45, 2.75) is 173 Å². The maximum atomic E-state index is 15.4. The molecule has 9 heteroatoms. The van der Waals surface area contributed by atoms with Crippen LogP contribution < -0.4 is 16.4 Å². The Labute approximate surface area is 370 Å². The van der Waals surface area contributed by atoms with Crippen molar-refractivity contribution >= 4 is 17.3 Å². The zero-order valence-electron chi connectivity index (χ0n) is 39.0. The molecular formula is C53H75N3O6. The number of hydrogen-bond donors (Lipinski definition) is 6. The van der Waals surface area contributed by atoms with Crippen molar-refractivity contribution in [2.24, 2.45) is 45.3 Å². The van der Waals surface area contributed by atoms with Crippen molar-refractivity contribution in [3.8, 4) is 5.75 Å². The summed E-state index contributed by atoms with van der Waals surface area (Å²) in [5, 5.41) is 41.3. The number of epoxide rings is 1. The Morgan fingerprint density at radius 3 is 2.42 bits per heavy atom. The highest BCUT2D eigenvalue weighted by atomic mass is 16.6. The van der Waals surface area contributed by atoms with Crippen LogP contribution in [0, 0.1) is 45.3 Å². The lowest BCUT2D eigenvalue weighted by Gasteiger charge is -2.73. The van der Waals surface area contributed by atoms with Gasteiger partial charge in [0.1, 0.15) is 17.6 Å². The van der Waals surface area contributed by atoms with Crippen LogP contribution in [0.25, 0.3) is 0 Å². The van der Waals surface area contributed by atoms with E-state index in [9.17, 15) is 20.1 Å². The Kier molecular flexibility index (Phi) is 10.5. The van der Waals surface area contributed by atoms with Crippen LogP contribution in [0.2, 0.25) is 0 Å². The number of fused-ring (bicyclic) bond motifs is 5. The number of nitrogens with two attached hydrogens (primary N) is 1. The Hall–Kier alpha value is -3.08. The molecule has 1 saturated heterocycles. The van der Waals surface area contributed by atoms with Crippen LogP contribution in [0.3, 0.4) is 0 Å². The molecule has 8 aliphatic rings. The number of ketones is 2. The van der Waals surface area contributed by atoms with Gasteiger partial charge in [-0.05, 0) is 166 Å². The lowest BCUT2D eigenvalue weighted by Crippen LogP contribution is -2.74. The summed E-state index contributed by atoms with van der Waals surface area (Å²) in [6, 6.07) is 14.0. The average molecular weight is 850 g/mol. The zero-order valence-corrected chi connectivity index (χ0v) is 39.0. The number of phenolic OH excluding ortho intramolecular Hbond substituents is 1. The number of ether oxygens (including phenoxy) is 1. The number of allylic oxidation sites excluding steroid dienone is 2. The first-order valence-electron chi connectivity index (χ1n) is 24.0. The summed E-state index contributed by atoms with van der Waals surface area (Å²) in [4.78, 5) is 30.2. The maximum Gasteiger partial charge on any atom is 0.159 e. The largest absolute Gasteiger partial charge is 0.508 e. The first-order chi connectivity index (χ1) is 29.1. The number of aliphatic hydroxyl groups excluding tert-OH is 2. The van der Waals surface area contributed by atoms with Gasteiger partial charge in [0.2, 0.25) is 0 Å². The van der Waals surface area contributed by atoms with E-state index < -0.39 is 39.6 Å². The number of aliphatic hydroxyl groups is 2. The predicted molar refractivity (Wildman–Crippen MR) is 243 cm³/mol. The van der Waals surface area contributed by atoms with E-state index in [2.05, 4.69) is 77.3 Å². The van der Waals surface area contributed by atoms with Gasteiger partial charge in [0, 0.05) is 41.6 Å². The molecule has 0 aromatic heterocycles. The fourth-order valence-corrected chi connectivity index (χ4v) is 17.2. The molecule has 338 valence electrons. The third kappa shape index (κ3) is 6.24. The fourth-order valence-electron chi connectivity index (χ4n) is 17.2. The van der Waals surface area contributed by atoms with Gasteiger partial charge in [0.25, 0.3) is 0 Å². The van der Waals surface area contributed by atoms with Gasteiger partial charge in [-0.25, -0.2) is 0 Å². The Balaban J connectivity index is 1.06. The number of carbonyl (C=O) groups is 2. The van der Waals surface area contributed by atoms with Crippen molar-refractivity contribution in [3.63, 3.8) is 0 Å². The number of nitrogens with one attached hydrogen (secondary N) is 2. The second-order valence-electron chi connectivity index (χ2n) is 23.3. The fraction of sp³-hybridized carbons (Fsp3) is 0.698. The van der Waals surface area contributed by atoms with E-state index in [1.807, 2.05) is 32.2 Å². The number of phenols is 1. The molecule has 0 spiro atoms. The highest BCUT2D eigenvalue weighted by Gasteiger charge is 2.78. The second-order valence-corrected chi connectivity index (χ2v) is 23.3. The summed E-state index contributed by atoms with van der Waals surface area (Å²) >= 11 is 0. The lowest BCUT2D eigenvalue weighted by molar-refractivity contribution is -0.213. The maximum absolute atomic E-state index is 15.4. The minimum absolute atomic E-state index is 0.00267. The molecular weight excluding hydrogens is 775 g/mol. The molecule has 9 nitrogen and oxygen atoms in total. The molecule has 2 aromatic carbocycles. The molecule has 0 unspecified atom stereocenters. The molecule has 4 bridgehead atoms. The molecule has 1 aliphatic heterocycles. The van der Waals surface area contributed by atoms with Gasteiger partial charge in [-0.3, -0.25) is 9.59 Å². The molecule has 0 radical (unpaired) electrons. The van der Waals surface area contributed by atoms with Gasteiger partial charge in [-0.15, -0.1) is 0 Å². The topological polar surface area (TPSA) is 157 Å². The van der Waals surface area contributed by atoms with Gasteiger partial charge in [0.15, 0.2) is 5.78 Å². The van der Waals surface area contributed by atoms with Crippen molar-refractivity contribution in [2.75, 3.05) is 19.3 Å². The number of anilines is 1. The number of nitrogen functional groups attached to an aromatic ring is 1. The Morgan fingerprint density at radius 2 is 1.71 bits per heavy atom. The highest BCUT2D eigenvalue weighted by molar-refractivity contribution is 6.01. The van der Waals surface area contributed by atoms with Crippen LogP contribution in [0.15, 0.2) is 53.6 Å². The van der Waals surface area contributed by atoms with Gasteiger partial charge in [-0.2, -0.15) is 0 Å². The molecule has 2 aromatic rings. The van der Waals surface area contributed by atoms with Crippen LogP contribution in [-0.2, 0) is 26.3 Å². The monoisotopic (exact) mass is 850 g/mol. The number of aromatic hydroxyl groups is 1. The summed E-state index contributed by atoms with van der Waals surface area (Å²) in [5.41, 5.74) is 8.94.